The fourth-order valence-electron chi connectivity index (χ4n) is 1.31. The van der Waals surface area contributed by atoms with E-state index in [9.17, 15) is 9.90 Å². The summed E-state index contributed by atoms with van der Waals surface area (Å²) in [4.78, 5) is 10.6. The number of aliphatic hydroxyl groups excluding tert-OH is 3. The van der Waals surface area contributed by atoms with Gasteiger partial charge in [0.1, 0.15) is 18.3 Å². The second-order valence-corrected chi connectivity index (χ2v) is 2.97. The number of methoxy groups -OCH3 is 1. The molecule has 0 aromatic rings. The van der Waals surface area contributed by atoms with Crippen LogP contribution in [-0.4, -0.2) is 64.2 Å². The molecule has 7 nitrogen and oxygen atoms in total. The number of aliphatic carboxylic acids is 1. The van der Waals surface area contributed by atoms with Gasteiger partial charge in [-0.3, -0.25) is 0 Å². The van der Waals surface area contributed by atoms with E-state index < -0.39 is 36.7 Å². The molecule has 1 fully saturated rings. The summed E-state index contributed by atoms with van der Waals surface area (Å²) in [6.07, 6.45) is -7.49. The van der Waals surface area contributed by atoms with Crippen LogP contribution >= 0.6 is 0 Å². The Hall–Kier alpha value is -0.730. The first kappa shape index (κ1) is 11.3. The van der Waals surface area contributed by atoms with Gasteiger partial charge < -0.3 is 29.9 Å². The van der Waals surface area contributed by atoms with Gasteiger partial charge in [-0.1, -0.05) is 0 Å². The first-order chi connectivity index (χ1) is 6.49. The molecular formula is C7H12O7. The van der Waals surface area contributed by atoms with Gasteiger partial charge in [-0.2, -0.15) is 0 Å². The fraction of sp³-hybridized carbons (Fsp3) is 0.857. The van der Waals surface area contributed by atoms with Crippen molar-refractivity contribution in [2.75, 3.05) is 7.11 Å². The van der Waals surface area contributed by atoms with E-state index in [1.807, 2.05) is 0 Å². The summed E-state index contributed by atoms with van der Waals surface area (Å²) in [7, 11) is 1.18. The summed E-state index contributed by atoms with van der Waals surface area (Å²) in [6, 6.07) is 0. The number of hydrogen-bond donors (Lipinski definition) is 4. The Bertz CT molecular complexity index is 218. The summed E-state index contributed by atoms with van der Waals surface area (Å²) in [5, 5.41) is 36.2. The molecule has 0 aromatic carbocycles. The maximum Gasteiger partial charge on any atom is 0.335 e. The van der Waals surface area contributed by atoms with Crippen LogP contribution < -0.4 is 0 Å². The molecule has 82 valence electrons. The maximum atomic E-state index is 10.6. The molecule has 1 aliphatic rings. The molecule has 0 aliphatic carbocycles. The summed E-state index contributed by atoms with van der Waals surface area (Å²) in [5.74, 6) is -1.37. The van der Waals surface area contributed by atoms with Gasteiger partial charge in [0.2, 0.25) is 0 Å². The molecule has 7 heteroatoms. The molecule has 4 N–H and O–H groups in total. The van der Waals surface area contributed by atoms with Crippen molar-refractivity contribution < 1.29 is 34.7 Å². The molecule has 0 aromatic heterocycles. The third-order valence-electron chi connectivity index (χ3n) is 2.08. The van der Waals surface area contributed by atoms with E-state index in [1.165, 1.54) is 7.11 Å². The molecule has 1 aliphatic heterocycles. The van der Waals surface area contributed by atoms with Crippen molar-refractivity contribution in [3.05, 3.63) is 0 Å². The third-order valence-corrected chi connectivity index (χ3v) is 2.08. The Morgan fingerprint density at radius 2 is 1.86 bits per heavy atom. The van der Waals surface area contributed by atoms with Crippen LogP contribution in [0.4, 0.5) is 0 Å². The van der Waals surface area contributed by atoms with Crippen LogP contribution in [0.1, 0.15) is 0 Å². The van der Waals surface area contributed by atoms with Gasteiger partial charge in [-0.05, 0) is 0 Å². The summed E-state index contributed by atoms with van der Waals surface area (Å²) < 4.78 is 9.22. The maximum absolute atomic E-state index is 10.6. The average molecular weight is 208 g/mol. The first-order valence-electron chi connectivity index (χ1n) is 3.94. The number of ether oxygens (including phenoxy) is 2. The Labute approximate surface area is 79.5 Å². The van der Waals surface area contributed by atoms with E-state index in [1.54, 1.807) is 0 Å². The standard InChI is InChI=1S/C7H12O7/c1-13-4-2(8)3(9)7(12)14-5(4)6(10)11/h2-5,7-9,12H,1H3,(H,10,11)/t2-,3-,4+,5+,7+/m1/s1. The van der Waals surface area contributed by atoms with Gasteiger partial charge in [0.25, 0.3) is 0 Å². The van der Waals surface area contributed by atoms with Crippen LogP contribution in [0.15, 0.2) is 0 Å². The normalized spacial score (nSPS) is 43.6. The number of aliphatic hydroxyl groups is 3. The van der Waals surface area contributed by atoms with E-state index in [2.05, 4.69) is 9.47 Å². The van der Waals surface area contributed by atoms with Crippen LogP contribution in [0.2, 0.25) is 0 Å². The van der Waals surface area contributed by atoms with E-state index in [0.717, 1.165) is 0 Å². The minimum atomic E-state index is -1.72. The fourth-order valence-corrected chi connectivity index (χ4v) is 1.31. The highest BCUT2D eigenvalue weighted by Crippen LogP contribution is 2.21. The highest BCUT2D eigenvalue weighted by molar-refractivity contribution is 5.73. The Balaban J connectivity index is 2.82. The number of carboxylic acid groups (broad SMARTS) is 1. The number of rotatable bonds is 2. The van der Waals surface area contributed by atoms with Gasteiger partial charge in [0.15, 0.2) is 12.4 Å². The Kier molecular flexibility index (Phi) is 3.40. The predicted octanol–water partition coefficient (Wildman–Crippen LogP) is -2.47. The summed E-state index contributed by atoms with van der Waals surface area (Å²) >= 11 is 0. The average Bonchev–Trinajstić information content (AvgIpc) is 2.13. The van der Waals surface area contributed by atoms with Crippen molar-refractivity contribution in [1.82, 2.24) is 0 Å². The zero-order valence-electron chi connectivity index (χ0n) is 7.40. The van der Waals surface area contributed by atoms with E-state index >= 15 is 0 Å². The zero-order chi connectivity index (χ0) is 10.9. The van der Waals surface area contributed by atoms with Crippen LogP contribution in [0.3, 0.4) is 0 Å². The molecule has 0 spiro atoms. The van der Waals surface area contributed by atoms with Crippen molar-refractivity contribution in [3.8, 4) is 0 Å². The monoisotopic (exact) mass is 208 g/mol. The predicted molar refractivity (Wildman–Crippen MR) is 41.3 cm³/mol. The molecule has 0 unspecified atom stereocenters. The Morgan fingerprint density at radius 1 is 1.29 bits per heavy atom. The molecule has 1 heterocycles. The van der Waals surface area contributed by atoms with Gasteiger partial charge in [0, 0.05) is 7.11 Å². The largest absolute Gasteiger partial charge is 0.479 e. The number of carbonyl (C=O) groups is 1. The van der Waals surface area contributed by atoms with Crippen molar-refractivity contribution in [3.63, 3.8) is 0 Å². The molecule has 1 saturated heterocycles. The van der Waals surface area contributed by atoms with Gasteiger partial charge in [-0.15, -0.1) is 0 Å². The first-order valence-corrected chi connectivity index (χ1v) is 3.94. The van der Waals surface area contributed by atoms with Crippen molar-refractivity contribution in [1.29, 1.82) is 0 Å². The van der Waals surface area contributed by atoms with E-state index in [-0.39, 0.29) is 0 Å². The molecular weight excluding hydrogens is 196 g/mol. The summed E-state index contributed by atoms with van der Waals surface area (Å²) in [5.41, 5.74) is 0. The third kappa shape index (κ3) is 1.86. The number of hydrogen-bond acceptors (Lipinski definition) is 6. The van der Waals surface area contributed by atoms with E-state index in [4.69, 9.17) is 15.3 Å². The SMILES string of the molecule is CO[C@H]1[C@H](O)[C@@H](O)[C@@H](O)O[C@@H]1C(=O)O. The van der Waals surface area contributed by atoms with Crippen LogP contribution in [0.25, 0.3) is 0 Å². The lowest BCUT2D eigenvalue weighted by molar-refractivity contribution is -0.283. The molecule has 5 atom stereocenters. The molecule has 1 rings (SSSR count). The lowest BCUT2D eigenvalue weighted by Crippen LogP contribution is -2.60. The van der Waals surface area contributed by atoms with Gasteiger partial charge >= 0.3 is 5.97 Å². The highest BCUT2D eigenvalue weighted by Gasteiger charge is 2.47. The molecule has 14 heavy (non-hydrogen) atoms. The van der Waals surface area contributed by atoms with Crippen LogP contribution in [0, 0.1) is 0 Å². The van der Waals surface area contributed by atoms with Gasteiger partial charge in [-0.25, -0.2) is 4.79 Å². The minimum absolute atomic E-state index is 1.18. The summed E-state index contributed by atoms with van der Waals surface area (Å²) in [6.45, 7) is 0. The number of carboxylic acids is 1. The topological polar surface area (TPSA) is 116 Å². The molecule has 0 amide bonds. The second kappa shape index (κ2) is 4.20. The minimum Gasteiger partial charge on any atom is -0.479 e. The zero-order valence-corrected chi connectivity index (χ0v) is 7.40. The van der Waals surface area contributed by atoms with Crippen molar-refractivity contribution >= 4 is 5.97 Å². The second-order valence-electron chi connectivity index (χ2n) is 2.97. The molecule has 0 saturated carbocycles. The van der Waals surface area contributed by atoms with Crippen molar-refractivity contribution in [2.24, 2.45) is 0 Å². The Morgan fingerprint density at radius 3 is 2.29 bits per heavy atom. The van der Waals surface area contributed by atoms with Crippen molar-refractivity contribution in [2.45, 2.75) is 30.7 Å². The molecule has 0 radical (unpaired) electrons. The van der Waals surface area contributed by atoms with Crippen LogP contribution in [0.5, 0.6) is 0 Å². The lowest BCUT2D eigenvalue weighted by Gasteiger charge is -2.37. The lowest BCUT2D eigenvalue weighted by atomic mass is 9.99. The quantitative estimate of drug-likeness (QED) is 0.397. The molecule has 0 bridgehead atoms. The van der Waals surface area contributed by atoms with Gasteiger partial charge in [0.05, 0.1) is 0 Å². The smallest absolute Gasteiger partial charge is 0.335 e. The van der Waals surface area contributed by atoms with Crippen LogP contribution in [-0.2, 0) is 14.3 Å². The van der Waals surface area contributed by atoms with E-state index in [0.29, 0.717) is 0 Å². The highest BCUT2D eigenvalue weighted by atomic mass is 16.7.